The molecule has 1 aromatic carbocycles. The fourth-order valence-corrected chi connectivity index (χ4v) is 1.82. The molecule has 0 saturated carbocycles. The van der Waals surface area contributed by atoms with Crippen LogP contribution in [-0.2, 0) is 0 Å². The lowest BCUT2D eigenvalue weighted by Gasteiger charge is -2.16. The fourth-order valence-electron chi connectivity index (χ4n) is 1.82. The zero-order valence-electron chi connectivity index (χ0n) is 10.9. The van der Waals surface area contributed by atoms with Crippen molar-refractivity contribution in [2.24, 2.45) is 11.7 Å². The van der Waals surface area contributed by atoms with Gasteiger partial charge in [0.25, 0.3) is 0 Å². The second kappa shape index (κ2) is 5.90. The summed E-state index contributed by atoms with van der Waals surface area (Å²) < 4.78 is 0. The normalized spacial score (nSPS) is 12.6. The predicted molar refractivity (Wildman–Crippen MR) is 72.0 cm³/mol. The van der Waals surface area contributed by atoms with Gasteiger partial charge in [0.1, 0.15) is 0 Å². The van der Waals surface area contributed by atoms with Crippen LogP contribution in [0.5, 0.6) is 0 Å². The van der Waals surface area contributed by atoms with Crippen molar-refractivity contribution in [3.63, 3.8) is 0 Å². The van der Waals surface area contributed by atoms with Crippen molar-refractivity contribution in [1.29, 1.82) is 0 Å². The van der Waals surface area contributed by atoms with E-state index in [1.807, 2.05) is 0 Å². The van der Waals surface area contributed by atoms with Gasteiger partial charge in [-0.1, -0.05) is 13.0 Å². The molecular formula is C14H24N2. The average Bonchev–Trinajstić information content (AvgIpc) is 2.25. The molecule has 0 heterocycles. The third-order valence-electron chi connectivity index (χ3n) is 3.36. The molecular weight excluding hydrogens is 196 g/mol. The van der Waals surface area contributed by atoms with Crippen LogP contribution >= 0.6 is 0 Å². The van der Waals surface area contributed by atoms with Crippen LogP contribution in [0.3, 0.4) is 0 Å². The van der Waals surface area contributed by atoms with Gasteiger partial charge in [-0.3, -0.25) is 0 Å². The number of nitrogens with one attached hydrogen (secondary N) is 1. The third kappa shape index (κ3) is 3.24. The molecule has 0 aliphatic rings. The van der Waals surface area contributed by atoms with Crippen LogP contribution in [0.2, 0.25) is 0 Å². The lowest BCUT2D eigenvalue weighted by molar-refractivity contribution is 0.568. The van der Waals surface area contributed by atoms with Crippen molar-refractivity contribution < 1.29 is 0 Å². The van der Waals surface area contributed by atoms with Crippen LogP contribution in [-0.4, -0.2) is 13.1 Å². The van der Waals surface area contributed by atoms with E-state index in [1.165, 1.54) is 22.4 Å². The van der Waals surface area contributed by atoms with E-state index in [0.29, 0.717) is 5.92 Å². The SMILES string of the molecule is Cc1ccc(NCC(C)CCN)c(C)c1C. The van der Waals surface area contributed by atoms with Crippen molar-refractivity contribution in [3.8, 4) is 0 Å². The number of rotatable bonds is 5. The van der Waals surface area contributed by atoms with E-state index in [-0.39, 0.29) is 0 Å². The summed E-state index contributed by atoms with van der Waals surface area (Å²) in [6.07, 6.45) is 1.08. The first-order valence-corrected chi connectivity index (χ1v) is 6.07. The van der Waals surface area contributed by atoms with Crippen LogP contribution in [0.15, 0.2) is 12.1 Å². The molecule has 16 heavy (non-hydrogen) atoms. The molecule has 0 aliphatic heterocycles. The molecule has 1 aromatic rings. The fraction of sp³-hybridized carbons (Fsp3) is 0.571. The van der Waals surface area contributed by atoms with Gasteiger partial charge >= 0.3 is 0 Å². The summed E-state index contributed by atoms with van der Waals surface area (Å²) in [7, 11) is 0. The van der Waals surface area contributed by atoms with Crippen LogP contribution < -0.4 is 11.1 Å². The smallest absolute Gasteiger partial charge is 0.0372 e. The van der Waals surface area contributed by atoms with E-state index in [1.54, 1.807) is 0 Å². The van der Waals surface area contributed by atoms with Crippen molar-refractivity contribution in [3.05, 3.63) is 28.8 Å². The monoisotopic (exact) mass is 220 g/mol. The van der Waals surface area contributed by atoms with Gasteiger partial charge in [-0.2, -0.15) is 0 Å². The Morgan fingerprint density at radius 3 is 2.50 bits per heavy atom. The quantitative estimate of drug-likeness (QED) is 0.800. The lowest BCUT2D eigenvalue weighted by atomic mass is 10.0. The number of anilines is 1. The highest BCUT2D eigenvalue weighted by molar-refractivity contribution is 5.55. The summed E-state index contributed by atoms with van der Waals surface area (Å²) in [5, 5.41) is 3.51. The van der Waals surface area contributed by atoms with Gasteiger partial charge in [-0.05, 0) is 62.4 Å². The molecule has 0 aliphatic carbocycles. The van der Waals surface area contributed by atoms with Gasteiger partial charge in [0.05, 0.1) is 0 Å². The molecule has 90 valence electrons. The molecule has 2 nitrogen and oxygen atoms in total. The zero-order chi connectivity index (χ0) is 12.1. The molecule has 0 aromatic heterocycles. The lowest BCUT2D eigenvalue weighted by Crippen LogP contribution is -2.15. The molecule has 0 spiro atoms. The van der Waals surface area contributed by atoms with Gasteiger partial charge in [0.15, 0.2) is 0 Å². The van der Waals surface area contributed by atoms with Gasteiger partial charge in [-0.25, -0.2) is 0 Å². The second-order valence-corrected chi connectivity index (χ2v) is 4.74. The Morgan fingerprint density at radius 2 is 1.88 bits per heavy atom. The number of hydrogen-bond donors (Lipinski definition) is 2. The van der Waals surface area contributed by atoms with E-state index in [2.05, 4.69) is 45.1 Å². The van der Waals surface area contributed by atoms with Crippen LogP contribution in [0.25, 0.3) is 0 Å². The van der Waals surface area contributed by atoms with E-state index in [9.17, 15) is 0 Å². The number of hydrogen-bond acceptors (Lipinski definition) is 2. The summed E-state index contributed by atoms with van der Waals surface area (Å²) in [5.74, 6) is 0.631. The van der Waals surface area contributed by atoms with Crippen molar-refractivity contribution in [2.75, 3.05) is 18.4 Å². The molecule has 0 amide bonds. The van der Waals surface area contributed by atoms with Gasteiger partial charge in [0.2, 0.25) is 0 Å². The number of aryl methyl sites for hydroxylation is 1. The standard InChI is InChI=1S/C14H24N2/c1-10(7-8-15)9-16-14-6-5-11(2)12(3)13(14)4/h5-6,10,16H,7-9,15H2,1-4H3. The molecule has 1 atom stereocenters. The molecule has 0 radical (unpaired) electrons. The van der Waals surface area contributed by atoms with E-state index in [4.69, 9.17) is 5.73 Å². The first kappa shape index (κ1) is 13.0. The minimum Gasteiger partial charge on any atom is -0.385 e. The number of nitrogens with two attached hydrogens (primary N) is 1. The van der Waals surface area contributed by atoms with Crippen molar-refractivity contribution in [1.82, 2.24) is 0 Å². The highest BCUT2D eigenvalue weighted by atomic mass is 14.9. The molecule has 0 bridgehead atoms. The van der Waals surface area contributed by atoms with Gasteiger partial charge in [-0.15, -0.1) is 0 Å². The summed E-state index contributed by atoms with van der Waals surface area (Å²) in [6.45, 7) is 10.5. The Hall–Kier alpha value is -1.02. The van der Waals surface area contributed by atoms with E-state index in [0.717, 1.165) is 19.5 Å². The Balaban J connectivity index is 2.64. The van der Waals surface area contributed by atoms with Crippen LogP contribution in [0.1, 0.15) is 30.0 Å². The minimum atomic E-state index is 0.631. The van der Waals surface area contributed by atoms with Crippen molar-refractivity contribution >= 4 is 5.69 Å². The van der Waals surface area contributed by atoms with E-state index < -0.39 is 0 Å². The zero-order valence-corrected chi connectivity index (χ0v) is 10.9. The molecule has 3 N–H and O–H groups in total. The summed E-state index contributed by atoms with van der Waals surface area (Å²) in [5.41, 5.74) is 10.9. The van der Waals surface area contributed by atoms with Crippen LogP contribution in [0.4, 0.5) is 5.69 Å². The topological polar surface area (TPSA) is 38.0 Å². The van der Waals surface area contributed by atoms with Crippen LogP contribution in [0, 0.1) is 26.7 Å². The molecule has 2 heteroatoms. The summed E-state index contributed by atoms with van der Waals surface area (Å²) in [6, 6.07) is 4.35. The molecule has 1 rings (SSSR count). The molecule has 0 saturated heterocycles. The Labute approximate surface area is 99.2 Å². The maximum atomic E-state index is 5.54. The maximum absolute atomic E-state index is 5.54. The highest BCUT2D eigenvalue weighted by Gasteiger charge is 2.05. The summed E-state index contributed by atoms with van der Waals surface area (Å²) >= 11 is 0. The number of benzene rings is 1. The predicted octanol–water partition coefficient (Wildman–Crippen LogP) is 3.01. The Kier molecular flexibility index (Phi) is 4.81. The molecule has 0 fully saturated rings. The first-order valence-electron chi connectivity index (χ1n) is 6.07. The Morgan fingerprint density at radius 1 is 1.19 bits per heavy atom. The first-order chi connectivity index (χ1) is 7.56. The van der Waals surface area contributed by atoms with Gasteiger partial charge in [0, 0.05) is 12.2 Å². The Bertz CT molecular complexity index is 345. The van der Waals surface area contributed by atoms with Crippen molar-refractivity contribution in [2.45, 2.75) is 34.1 Å². The second-order valence-electron chi connectivity index (χ2n) is 4.74. The molecule has 1 unspecified atom stereocenters. The minimum absolute atomic E-state index is 0.631. The van der Waals surface area contributed by atoms with Gasteiger partial charge < -0.3 is 11.1 Å². The van der Waals surface area contributed by atoms with E-state index >= 15 is 0 Å². The highest BCUT2D eigenvalue weighted by Crippen LogP contribution is 2.21. The summed E-state index contributed by atoms with van der Waals surface area (Å²) in [4.78, 5) is 0. The maximum Gasteiger partial charge on any atom is 0.0372 e. The third-order valence-corrected chi connectivity index (χ3v) is 3.36. The average molecular weight is 220 g/mol. The largest absolute Gasteiger partial charge is 0.385 e.